The summed E-state index contributed by atoms with van der Waals surface area (Å²) in [6, 6.07) is 3.81. The maximum Gasteiger partial charge on any atom is 0.373 e. The van der Waals surface area contributed by atoms with Gasteiger partial charge in [0.1, 0.15) is 6.20 Å². The molecule has 1 aliphatic heterocycles. The lowest BCUT2D eigenvalue weighted by molar-refractivity contribution is -0.389. The van der Waals surface area contributed by atoms with Gasteiger partial charge in [-0.3, -0.25) is 0 Å². The second kappa shape index (κ2) is 6.49. The normalized spacial score (nSPS) is 14.8. The number of nitrogens with zero attached hydrogens (tertiary/aromatic N) is 4. The van der Waals surface area contributed by atoms with Crippen molar-refractivity contribution in [1.82, 2.24) is 9.38 Å². The van der Waals surface area contributed by atoms with Crippen LogP contribution in [0.15, 0.2) is 35.3 Å². The summed E-state index contributed by atoms with van der Waals surface area (Å²) >= 11 is 1.35. The Kier molecular flexibility index (Phi) is 4.15. The molecule has 0 N–H and O–H groups in total. The molecule has 0 radical (unpaired) electrons. The molecule has 0 atom stereocenters. The fourth-order valence-corrected chi connectivity index (χ4v) is 3.84. The number of aromatic nitrogens is 2. The summed E-state index contributed by atoms with van der Waals surface area (Å²) in [7, 11) is 0. The van der Waals surface area contributed by atoms with Crippen molar-refractivity contribution in [2.24, 2.45) is 0 Å². The van der Waals surface area contributed by atoms with Crippen LogP contribution in [0.25, 0.3) is 11.0 Å². The molecule has 0 aliphatic carbocycles. The molecule has 3 aromatic rings. The number of piperidine rings is 1. The molecule has 6 nitrogen and oxygen atoms in total. The Morgan fingerprint density at radius 1 is 1.23 bits per heavy atom. The molecule has 2 aromatic heterocycles. The average Bonchev–Trinajstić information content (AvgIpc) is 3.19. The predicted octanol–water partition coefficient (Wildman–Crippen LogP) is 4.27. The quantitative estimate of drug-likeness (QED) is 0.506. The van der Waals surface area contributed by atoms with Crippen molar-refractivity contribution in [2.75, 3.05) is 18.0 Å². The molecule has 4 rings (SSSR count). The van der Waals surface area contributed by atoms with Gasteiger partial charge in [0.25, 0.3) is 4.96 Å². The number of nitro groups is 1. The van der Waals surface area contributed by atoms with Crippen molar-refractivity contribution in [3.63, 3.8) is 0 Å². The zero-order valence-electron chi connectivity index (χ0n) is 13.6. The first kappa shape index (κ1) is 16.6. The van der Waals surface area contributed by atoms with Gasteiger partial charge in [0, 0.05) is 18.5 Å². The highest BCUT2D eigenvalue weighted by Crippen LogP contribution is 2.33. The Bertz CT molecular complexity index is 1020. The van der Waals surface area contributed by atoms with Crippen LogP contribution in [0, 0.1) is 21.7 Å². The van der Waals surface area contributed by atoms with E-state index in [0.717, 1.165) is 11.6 Å². The van der Waals surface area contributed by atoms with Gasteiger partial charge in [-0.1, -0.05) is 29.1 Å². The van der Waals surface area contributed by atoms with Crippen LogP contribution in [0.1, 0.15) is 18.4 Å². The van der Waals surface area contributed by atoms with Crippen LogP contribution in [0.3, 0.4) is 0 Å². The van der Waals surface area contributed by atoms with E-state index in [1.54, 1.807) is 11.6 Å². The van der Waals surface area contributed by atoms with E-state index in [9.17, 15) is 18.9 Å². The van der Waals surface area contributed by atoms with Crippen molar-refractivity contribution < 1.29 is 13.7 Å². The third-order valence-corrected chi connectivity index (χ3v) is 5.17. The van der Waals surface area contributed by atoms with Gasteiger partial charge in [-0.2, -0.15) is 9.38 Å². The van der Waals surface area contributed by atoms with E-state index in [2.05, 4.69) is 4.98 Å². The van der Waals surface area contributed by atoms with E-state index in [1.807, 2.05) is 11.0 Å². The first-order chi connectivity index (χ1) is 12.5. The van der Waals surface area contributed by atoms with Gasteiger partial charge >= 0.3 is 5.82 Å². The maximum absolute atomic E-state index is 13.3. The SMILES string of the molecule is O=[N+]([O-])c1c(N2CCC(=Cc3ccc(F)c(F)c3)CC2)nc2sccn12. The van der Waals surface area contributed by atoms with Crippen LogP contribution in [-0.4, -0.2) is 27.4 Å². The lowest BCUT2D eigenvalue weighted by Gasteiger charge is -2.28. The lowest BCUT2D eigenvalue weighted by atomic mass is 10.0. The average molecular weight is 376 g/mol. The smallest absolute Gasteiger partial charge is 0.358 e. The molecular formula is C17H14F2N4O2S. The summed E-state index contributed by atoms with van der Waals surface area (Å²) in [6.07, 6.45) is 4.86. The monoisotopic (exact) mass is 376 g/mol. The Morgan fingerprint density at radius 2 is 2.00 bits per heavy atom. The fraction of sp³-hybridized carbons (Fsp3) is 0.235. The molecule has 0 amide bonds. The maximum atomic E-state index is 13.3. The molecule has 1 aliphatic rings. The topological polar surface area (TPSA) is 63.7 Å². The van der Waals surface area contributed by atoms with Gasteiger partial charge in [0.2, 0.25) is 5.82 Å². The molecule has 0 saturated carbocycles. The summed E-state index contributed by atoms with van der Waals surface area (Å²) < 4.78 is 27.8. The van der Waals surface area contributed by atoms with Crippen molar-refractivity contribution in [1.29, 1.82) is 0 Å². The number of fused-ring (bicyclic) bond motifs is 1. The van der Waals surface area contributed by atoms with Crippen LogP contribution < -0.4 is 4.90 Å². The lowest BCUT2D eigenvalue weighted by Crippen LogP contribution is -2.31. The van der Waals surface area contributed by atoms with E-state index in [0.29, 0.717) is 42.3 Å². The second-order valence-corrected chi connectivity index (χ2v) is 6.91. The van der Waals surface area contributed by atoms with E-state index < -0.39 is 16.6 Å². The molecule has 0 unspecified atom stereocenters. The van der Waals surface area contributed by atoms with Gasteiger partial charge in [-0.15, -0.1) is 0 Å². The molecule has 26 heavy (non-hydrogen) atoms. The van der Waals surface area contributed by atoms with Gasteiger partial charge in [0.05, 0.1) is 0 Å². The summed E-state index contributed by atoms with van der Waals surface area (Å²) in [5.74, 6) is -1.37. The minimum absolute atomic E-state index is 0.0192. The van der Waals surface area contributed by atoms with Gasteiger partial charge in [-0.05, 0) is 35.5 Å². The van der Waals surface area contributed by atoms with E-state index >= 15 is 0 Å². The Hall–Kier alpha value is -2.81. The number of anilines is 1. The molecule has 9 heteroatoms. The van der Waals surface area contributed by atoms with Crippen molar-refractivity contribution in [3.05, 3.63) is 62.7 Å². The third-order valence-electron chi connectivity index (χ3n) is 4.41. The molecule has 0 spiro atoms. The van der Waals surface area contributed by atoms with E-state index in [1.165, 1.54) is 27.9 Å². The zero-order valence-corrected chi connectivity index (χ0v) is 14.4. The van der Waals surface area contributed by atoms with Crippen LogP contribution in [-0.2, 0) is 0 Å². The number of imidazole rings is 1. The highest BCUT2D eigenvalue weighted by atomic mass is 32.1. The van der Waals surface area contributed by atoms with E-state index in [-0.39, 0.29) is 5.82 Å². The number of thiazole rings is 1. The molecule has 3 heterocycles. The van der Waals surface area contributed by atoms with Crippen molar-refractivity contribution in [3.8, 4) is 0 Å². The number of benzene rings is 1. The molecular weight excluding hydrogens is 362 g/mol. The van der Waals surface area contributed by atoms with Crippen molar-refractivity contribution in [2.45, 2.75) is 12.8 Å². The minimum atomic E-state index is -0.870. The Labute approximate surface area is 151 Å². The standard InChI is InChI=1S/C17H14F2N4O2S/c18-13-2-1-12(10-14(13)19)9-11-3-5-21(6-4-11)15-16(23(24)25)22-7-8-26-17(22)20-15/h1-2,7-10H,3-6H2. The van der Waals surface area contributed by atoms with Crippen molar-refractivity contribution >= 4 is 34.0 Å². The third kappa shape index (κ3) is 2.94. The molecule has 0 bridgehead atoms. The van der Waals surface area contributed by atoms with Gasteiger partial charge < -0.3 is 15.0 Å². The number of rotatable bonds is 3. The number of halogens is 2. The zero-order chi connectivity index (χ0) is 18.3. The molecule has 1 saturated heterocycles. The predicted molar refractivity (Wildman–Crippen MR) is 95.5 cm³/mol. The highest BCUT2D eigenvalue weighted by Gasteiger charge is 2.29. The first-order valence-electron chi connectivity index (χ1n) is 8.02. The van der Waals surface area contributed by atoms with Crippen LogP contribution in [0.2, 0.25) is 0 Å². The van der Waals surface area contributed by atoms with Crippen LogP contribution >= 0.6 is 11.3 Å². The van der Waals surface area contributed by atoms with Crippen LogP contribution in [0.4, 0.5) is 20.4 Å². The Balaban J connectivity index is 1.54. The van der Waals surface area contributed by atoms with Gasteiger partial charge in [-0.25, -0.2) is 8.78 Å². The fourth-order valence-electron chi connectivity index (χ4n) is 3.13. The summed E-state index contributed by atoms with van der Waals surface area (Å²) in [5, 5.41) is 13.2. The number of hydrogen-bond donors (Lipinski definition) is 0. The molecule has 1 aromatic carbocycles. The summed E-state index contributed by atoms with van der Waals surface area (Å²) in [4.78, 5) is 17.9. The summed E-state index contributed by atoms with van der Waals surface area (Å²) in [6.45, 7) is 1.17. The largest absolute Gasteiger partial charge is 0.373 e. The number of hydrogen-bond acceptors (Lipinski definition) is 5. The first-order valence-corrected chi connectivity index (χ1v) is 8.90. The molecule has 134 valence electrons. The second-order valence-electron chi connectivity index (χ2n) is 6.03. The van der Waals surface area contributed by atoms with Crippen LogP contribution in [0.5, 0.6) is 0 Å². The Morgan fingerprint density at radius 3 is 2.69 bits per heavy atom. The summed E-state index contributed by atoms with van der Waals surface area (Å²) in [5.41, 5.74) is 1.71. The molecule has 1 fully saturated rings. The minimum Gasteiger partial charge on any atom is -0.358 e. The highest BCUT2D eigenvalue weighted by molar-refractivity contribution is 7.15. The van der Waals surface area contributed by atoms with E-state index in [4.69, 9.17) is 0 Å². The van der Waals surface area contributed by atoms with Gasteiger partial charge in [0.15, 0.2) is 11.6 Å².